The van der Waals surface area contributed by atoms with Crippen molar-refractivity contribution in [3.05, 3.63) is 121 Å². The summed E-state index contributed by atoms with van der Waals surface area (Å²) in [7, 11) is 0. The Morgan fingerprint density at radius 1 is 0.981 bits per heavy atom. The third-order valence-corrected chi connectivity index (χ3v) is 12.8. The number of allylic oxidation sites excluding steroid dienone is 2. The van der Waals surface area contributed by atoms with E-state index >= 15 is 4.79 Å². The number of rotatable bonds is 6. The number of aromatic hydroxyl groups is 1. The van der Waals surface area contributed by atoms with Crippen molar-refractivity contribution in [2.45, 2.75) is 50.7 Å². The lowest BCUT2D eigenvalue weighted by molar-refractivity contribution is -0.142. The van der Waals surface area contributed by atoms with Crippen molar-refractivity contribution in [3.63, 3.8) is 0 Å². The molecule has 0 radical (unpaired) electrons. The van der Waals surface area contributed by atoms with Crippen molar-refractivity contribution in [3.8, 4) is 5.75 Å². The van der Waals surface area contributed by atoms with E-state index in [0.717, 1.165) is 9.89 Å². The Hall–Kier alpha value is -4.72. The number of thiophene rings is 1. The number of imide groups is 2. The molecule has 4 amide bonds. The fourth-order valence-electron chi connectivity index (χ4n) is 9.09. The maximum Gasteiger partial charge on any atom is 0.417 e. The van der Waals surface area contributed by atoms with Gasteiger partial charge in [0.15, 0.2) is 5.82 Å². The van der Waals surface area contributed by atoms with Gasteiger partial charge in [-0.05, 0) is 84.5 Å². The molecule has 278 valence electrons. The number of carbonyl (C=O) groups excluding carboxylic acids is 4. The topological polar surface area (TPSA) is 120 Å². The van der Waals surface area contributed by atoms with Gasteiger partial charge >= 0.3 is 6.18 Å². The van der Waals surface area contributed by atoms with Crippen molar-refractivity contribution in [1.82, 2.24) is 14.9 Å². The van der Waals surface area contributed by atoms with Gasteiger partial charge in [0.1, 0.15) is 5.75 Å². The first-order valence-corrected chi connectivity index (χ1v) is 18.8. The normalized spacial score (nSPS) is 26.5. The van der Waals surface area contributed by atoms with E-state index in [1.165, 1.54) is 16.2 Å². The van der Waals surface area contributed by atoms with E-state index in [2.05, 4.69) is 10.4 Å². The van der Waals surface area contributed by atoms with Gasteiger partial charge in [-0.2, -0.15) is 18.2 Å². The number of hydrogen-bond acceptors (Lipinski definition) is 8. The highest BCUT2D eigenvalue weighted by atomic mass is 35.5. The maximum atomic E-state index is 15.3. The number of likely N-dealkylation sites (tertiary alicyclic amines) is 1. The van der Waals surface area contributed by atoms with E-state index in [1.54, 1.807) is 50.2 Å². The molecule has 8 rings (SSSR count). The van der Waals surface area contributed by atoms with Gasteiger partial charge in [-0.1, -0.05) is 65.2 Å². The monoisotopic (exact) mass is 794 g/mol. The lowest BCUT2D eigenvalue weighted by atomic mass is 9.49. The first-order chi connectivity index (χ1) is 25.6. The average molecular weight is 796 g/mol. The van der Waals surface area contributed by atoms with Crippen LogP contribution in [0.15, 0.2) is 77.8 Å². The first-order valence-electron chi connectivity index (χ1n) is 17.1. The summed E-state index contributed by atoms with van der Waals surface area (Å²) in [4.78, 5) is 64.3. The number of amides is 4. The molecule has 6 unspecified atom stereocenters. The Morgan fingerprint density at radius 3 is 2.31 bits per heavy atom. The number of benzene rings is 2. The molecule has 2 aromatic carbocycles. The number of nitrogens with one attached hydrogen (secondary N) is 1. The lowest BCUT2D eigenvalue weighted by Crippen LogP contribution is -2.53. The van der Waals surface area contributed by atoms with Gasteiger partial charge in [0.2, 0.25) is 11.8 Å². The predicted octanol–water partition coefficient (Wildman–Crippen LogP) is 7.98. The van der Waals surface area contributed by atoms with E-state index < -0.39 is 63.6 Å². The summed E-state index contributed by atoms with van der Waals surface area (Å²) in [6.07, 6.45) is -2.04. The van der Waals surface area contributed by atoms with Gasteiger partial charge in [0, 0.05) is 22.0 Å². The fraction of sp³-hybridized carbons (Fsp3) is 0.308. The molecule has 9 nitrogen and oxygen atoms in total. The van der Waals surface area contributed by atoms with Crippen LogP contribution in [0.1, 0.15) is 51.5 Å². The summed E-state index contributed by atoms with van der Waals surface area (Å²) in [5.74, 6) is -6.51. The van der Waals surface area contributed by atoms with Crippen molar-refractivity contribution < 1.29 is 37.5 Å². The number of pyridine rings is 1. The largest absolute Gasteiger partial charge is 0.507 e. The minimum atomic E-state index is -4.74. The second-order valence-corrected chi connectivity index (χ2v) is 16.1. The summed E-state index contributed by atoms with van der Waals surface area (Å²) in [5.41, 5.74) is 2.63. The molecule has 2 aliphatic carbocycles. The van der Waals surface area contributed by atoms with Crippen LogP contribution in [0.25, 0.3) is 0 Å². The summed E-state index contributed by atoms with van der Waals surface area (Å²) >= 11 is 14.0. The highest BCUT2D eigenvalue weighted by Gasteiger charge is 2.70. The van der Waals surface area contributed by atoms with Crippen LogP contribution < -0.4 is 5.43 Å². The molecule has 54 heavy (non-hydrogen) atoms. The molecule has 15 heteroatoms. The third kappa shape index (κ3) is 5.45. The van der Waals surface area contributed by atoms with Crippen LogP contribution in [0, 0.1) is 37.5 Å². The molecule has 2 aliphatic heterocycles. The Labute approximate surface area is 321 Å². The van der Waals surface area contributed by atoms with Crippen LogP contribution in [0.2, 0.25) is 10.0 Å². The predicted molar refractivity (Wildman–Crippen MR) is 194 cm³/mol. The van der Waals surface area contributed by atoms with Crippen LogP contribution in [0.3, 0.4) is 0 Å². The van der Waals surface area contributed by atoms with Crippen LogP contribution in [-0.4, -0.2) is 43.6 Å². The third-order valence-electron chi connectivity index (χ3n) is 11.4. The zero-order valence-corrected chi connectivity index (χ0v) is 31.0. The molecule has 4 aromatic rings. The molecule has 0 spiro atoms. The SMILES string of the molecule is Cc1cc(C2C3=CCC4C(=O)N(Cc5cccs5)C(=O)C4C3CC3C(=O)N(Nc4ncc(C(F)(F)F)cc4Cl)C(=O)C32c2ccc(Cl)cc2)cc(C)c1O. The van der Waals surface area contributed by atoms with Gasteiger partial charge in [-0.25, -0.2) is 4.98 Å². The lowest BCUT2D eigenvalue weighted by Gasteiger charge is -2.50. The zero-order valence-electron chi connectivity index (χ0n) is 28.7. The Bertz CT molecular complexity index is 2260. The molecular weight excluding hydrogens is 764 g/mol. The van der Waals surface area contributed by atoms with Gasteiger partial charge < -0.3 is 5.11 Å². The average Bonchev–Trinajstić information content (AvgIpc) is 3.79. The number of fused-ring (bicyclic) bond motifs is 4. The number of aromatic nitrogens is 1. The summed E-state index contributed by atoms with van der Waals surface area (Å²) in [6, 6.07) is 14.4. The molecule has 2 aromatic heterocycles. The van der Waals surface area contributed by atoms with E-state index in [1.807, 2.05) is 23.6 Å². The smallest absolute Gasteiger partial charge is 0.417 e. The second-order valence-electron chi connectivity index (χ2n) is 14.3. The second kappa shape index (κ2) is 13.0. The molecule has 3 fully saturated rings. The van der Waals surface area contributed by atoms with Crippen molar-refractivity contribution in [2.24, 2.45) is 23.7 Å². The number of aryl methyl sites for hydroxylation is 2. The van der Waals surface area contributed by atoms with Gasteiger partial charge in [-0.15, -0.1) is 11.3 Å². The van der Waals surface area contributed by atoms with Crippen molar-refractivity contribution in [1.29, 1.82) is 0 Å². The maximum absolute atomic E-state index is 15.3. The van der Waals surface area contributed by atoms with Crippen molar-refractivity contribution in [2.75, 3.05) is 5.43 Å². The number of halogens is 5. The van der Waals surface area contributed by atoms with E-state index in [0.29, 0.717) is 45.1 Å². The molecule has 6 atom stereocenters. The minimum absolute atomic E-state index is 0.00492. The highest BCUT2D eigenvalue weighted by Crippen LogP contribution is 2.64. The van der Waals surface area contributed by atoms with E-state index in [4.69, 9.17) is 23.2 Å². The Morgan fingerprint density at radius 2 is 1.69 bits per heavy atom. The number of carbonyl (C=O) groups is 4. The summed E-state index contributed by atoms with van der Waals surface area (Å²) < 4.78 is 40.4. The van der Waals surface area contributed by atoms with E-state index in [9.17, 15) is 32.7 Å². The molecule has 1 saturated carbocycles. The number of phenols is 1. The number of hydrazine groups is 1. The molecule has 2 N–H and O–H groups in total. The highest BCUT2D eigenvalue weighted by molar-refractivity contribution is 7.09. The molecule has 4 aliphatic rings. The number of alkyl halides is 3. The summed E-state index contributed by atoms with van der Waals surface area (Å²) in [6.45, 7) is 3.57. The molecule has 4 heterocycles. The van der Waals surface area contributed by atoms with E-state index in [-0.39, 0.29) is 42.8 Å². The van der Waals surface area contributed by atoms with Crippen LogP contribution >= 0.6 is 34.5 Å². The number of anilines is 1. The zero-order chi connectivity index (χ0) is 38.4. The van der Waals surface area contributed by atoms with Crippen molar-refractivity contribution >= 4 is 64.0 Å². The van der Waals surface area contributed by atoms with Crippen LogP contribution in [0.5, 0.6) is 5.75 Å². The minimum Gasteiger partial charge on any atom is -0.507 e. The van der Waals surface area contributed by atoms with Crippen LogP contribution in [-0.2, 0) is 37.3 Å². The van der Waals surface area contributed by atoms with Gasteiger partial charge in [0.05, 0.1) is 40.3 Å². The van der Waals surface area contributed by atoms with Gasteiger partial charge in [-0.3, -0.25) is 29.5 Å². The van der Waals surface area contributed by atoms with Gasteiger partial charge in [0.25, 0.3) is 11.8 Å². The molecule has 2 saturated heterocycles. The Kier molecular flexibility index (Phi) is 8.70. The summed E-state index contributed by atoms with van der Waals surface area (Å²) in [5, 5.41) is 13.4. The number of nitrogens with zero attached hydrogens (tertiary/aromatic N) is 3. The Balaban J connectivity index is 1.31. The first kappa shape index (κ1) is 36.3. The standard InChI is InChI=1S/C39H31Cl2F3N4O5S/c1-18-12-20(13-19(2)32(18)49)31-25-9-10-26-30(36(52)47(34(26)50)17-24-4-3-11-54-24)27(25)15-28-35(51)48(37(53)38(28,31)21-5-7-23(40)8-6-21)46-33-29(41)14-22(16-45-33)39(42,43)44/h3-9,11-14,16,26-28,30-31,49H,10,15,17H2,1-2H3,(H,45,46). The molecule has 0 bridgehead atoms. The number of phenolic OH excluding ortho intramolecular Hbond substituents is 1. The number of hydrogen-bond donors (Lipinski definition) is 2. The quantitative estimate of drug-likeness (QED) is 0.150. The van der Waals surface area contributed by atoms with Crippen LogP contribution in [0.4, 0.5) is 19.0 Å². The molecular formula is C39H31Cl2F3N4O5S. The fourth-order valence-corrected chi connectivity index (χ4v) is 10.1.